The molecule has 0 radical (unpaired) electrons. The number of benzene rings is 2. The molecular weight excluding hydrogens is 505 g/mol. The fraction of sp³-hybridized carbons (Fsp3) is 0.423. The minimum Gasteiger partial charge on any atom is -0.368 e. The molecule has 2 aromatic carbocycles. The second-order valence-electron chi connectivity index (χ2n) is 9.86. The Morgan fingerprint density at radius 2 is 1.68 bits per heavy atom. The van der Waals surface area contributed by atoms with Gasteiger partial charge in [0.05, 0.1) is 6.54 Å². The zero-order valence-corrected chi connectivity index (χ0v) is 22.3. The summed E-state index contributed by atoms with van der Waals surface area (Å²) in [5, 5.41) is 8.28. The number of hydrogen-bond acceptors (Lipinski definition) is 5. The van der Waals surface area contributed by atoms with E-state index in [4.69, 9.17) is 5.73 Å². The summed E-state index contributed by atoms with van der Waals surface area (Å²) in [7, 11) is 0. The lowest BCUT2D eigenvalue weighted by Gasteiger charge is -2.43. The lowest BCUT2D eigenvalue weighted by atomic mass is 9.72. The van der Waals surface area contributed by atoms with E-state index in [1.165, 1.54) is 18.2 Å². The molecule has 0 aromatic heterocycles. The van der Waals surface area contributed by atoms with E-state index in [1.54, 1.807) is 20.8 Å². The number of nitrogens with one attached hydrogen (secondary N) is 3. The number of primary amides is 1. The van der Waals surface area contributed by atoms with Crippen molar-refractivity contribution in [3.05, 3.63) is 64.7 Å². The largest absolute Gasteiger partial charge is 0.446 e. The smallest absolute Gasteiger partial charge is 0.368 e. The van der Waals surface area contributed by atoms with Crippen molar-refractivity contribution in [2.45, 2.75) is 57.1 Å². The molecule has 5 N–H and O–H groups in total. The third-order valence-corrected chi connectivity index (χ3v) is 6.72. The number of thioether (sulfide) groups is 1. The number of carbonyl (C=O) groups excluding carboxylic acids is 3. The highest BCUT2D eigenvalue weighted by Gasteiger charge is 2.48. The Morgan fingerprint density at radius 3 is 2.24 bits per heavy atom. The maximum Gasteiger partial charge on any atom is 0.446 e. The predicted octanol–water partition coefficient (Wildman–Crippen LogP) is 3.82. The quantitative estimate of drug-likeness (QED) is 0.344. The van der Waals surface area contributed by atoms with Crippen molar-refractivity contribution in [3.63, 3.8) is 0 Å². The van der Waals surface area contributed by atoms with Gasteiger partial charge in [-0.25, -0.2) is 0 Å². The van der Waals surface area contributed by atoms with Crippen molar-refractivity contribution >= 4 is 29.5 Å². The van der Waals surface area contributed by atoms with Gasteiger partial charge in [-0.15, -0.1) is 0 Å². The summed E-state index contributed by atoms with van der Waals surface area (Å²) >= 11 is -0.340. The van der Waals surface area contributed by atoms with Crippen LogP contribution in [0.5, 0.6) is 0 Å². The second kappa shape index (κ2) is 12.0. The van der Waals surface area contributed by atoms with Gasteiger partial charge in [0.2, 0.25) is 11.8 Å². The number of carbonyl (C=O) groups is 3. The van der Waals surface area contributed by atoms with E-state index < -0.39 is 40.7 Å². The van der Waals surface area contributed by atoms with Gasteiger partial charge < -0.3 is 21.7 Å². The fourth-order valence-electron chi connectivity index (χ4n) is 3.82. The van der Waals surface area contributed by atoms with Gasteiger partial charge in [-0.1, -0.05) is 50.6 Å². The molecule has 11 heteroatoms. The van der Waals surface area contributed by atoms with Crippen LogP contribution in [-0.2, 0) is 16.1 Å². The summed E-state index contributed by atoms with van der Waals surface area (Å²) in [5.74, 6) is -2.14. The molecule has 3 amide bonds. The van der Waals surface area contributed by atoms with Gasteiger partial charge in [-0.05, 0) is 60.4 Å². The Bertz CT molecular complexity index is 1150. The lowest BCUT2D eigenvalue weighted by Crippen LogP contribution is -2.69. The third-order valence-electron chi connectivity index (χ3n) is 6.00. The van der Waals surface area contributed by atoms with Gasteiger partial charge in [0, 0.05) is 23.5 Å². The second-order valence-corrected chi connectivity index (χ2v) is 11.0. The number of halogens is 3. The Kier molecular flexibility index (Phi) is 9.78. The molecule has 1 unspecified atom stereocenters. The number of alkyl halides is 3. The van der Waals surface area contributed by atoms with Gasteiger partial charge >= 0.3 is 5.51 Å². The van der Waals surface area contributed by atoms with Crippen LogP contribution in [-0.4, -0.2) is 41.9 Å². The first-order valence-corrected chi connectivity index (χ1v) is 12.4. The summed E-state index contributed by atoms with van der Waals surface area (Å²) in [4.78, 5) is 37.8. The maximum atomic E-state index is 12.8. The fourth-order valence-corrected chi connectivity index (χ4v) is 4.42. The van der Waals surface area contributed by atoms with Crippen LogP contribution in [0.2, 0.25) is 0 Å². The van der Waals surface area contributed by atoms with Crippen LogP contribution in [0, 0.1) is 19.3 Å². The van der Waals surface area contributed by atoms with Crippen molar-refractivity contribution in [2.75, 3.05) is 13.1 Å². The molecule has 0 aliphatic carbocycles. The normalized spacial score (nSPS) is 13.5. The van der Waals surface area contributed by atoms with Crippen LogP contribution in [0.15, 0.2) is 47.4 Å². The Labute approximate surface area is 219 Å². The van der Waals surface area contributed by atoms with Crippen molar-refractivity contribution in [1.29, 1.82) is 0 Å². The molecule has 2 rings (SSSR count). The molecule has 202 valence electrons. The number of rotatable bonds is 10. The first kappa shape index (κ1) is 30.2. The molecule has 0 heterocycles. The molecule has 2 aromatic rings. The van der Waals surface area contributed by atoms with E-state index in [9.17, 15) is 27.6 Å². The number of amides is 3. The Morgan fingerprint density at radius 1 is 1.00 bits per heavy atom. The molecule has 1 atom stereocenters. The predicted molar refractivity (Wildman–Crippen MR) is 138 cm³/mol. The molecule has 0 bridgehead atoms. The molecule has 7 nitrogen and oxygen atoms in total. The zero-order chi connectivity index (χ0) is 28.0. The van der Waals surface area contributed by atoms with Crippen molar-refractivity contribution < 1.29 is 27.6 Å². The third kappa shape index (κ3) is 8.50. The molecule has 0 saturated carbocycles. The molecule has 37 heavy (non-hydrogen) atoms. The monoisotopic (exact) mass is 538 g/mol. The van der Waals surface area contributed by atoms with Gasteiger partial charge in [-0.3, -0.25) is 14.4 Å². The highest BCUT2D eigenvalue weighted by molar-refractivity contribution is 8.00. The average Bonchev–Trinajstić information content (AvgIpc) is 2.76. The average molecular weight is 539 g/mol. The van der Waals surface area contributed by atoms with Crippen LogP contribution >= 0.6 is 11.8 Å². The maximum absolute atomic E-state index is 12.8. The highest BCUT2D eigenvalue weighted by atomic mass is 32.2. The summed E-state index contributed by atoms with van der Waals surface area (Å²) in [6, 6.07) is 11.0. The van der Waals surface area contributed by atoms with Gasteiger partial charge in [0.1, 0.15) is 5.54 Å². The summed E-state index contributed by atoms with van der Waals surface area (Å²) < 4.78 is 37.9. The van der Waals surface area contributed by atoms with Crippen LogP contribution < -0.4 is 21.7 Å². The SMILES string of the molecule is Cc1ccc(CNCC(NC(=O)CNC(=O)c2cccc(SC(F)(F)F)c2)(C(N)=O)C(C)(C)C)c(C)c1. The molecule has 0 fully saturated rings. The first-order chi connectivity index (χ1) is 17.0. The number of aryl methyl sites for hydroxylation is 2. The summed E-state index contributed by atoms with van der Waals surface area (Å²) in [5.41, 5.74) is 2.20. The lowest BCUT2D eigenvalue weighted by molar-refractivity contribution is -0.135. The minimum absolute atomic E-state index is 0.0332. The van der Waals surface area contributed by atoms with E-state index in [0.29, 0.717) is 6.54 Å². The van der Waals surface area contributed by atoms with E-state index in [-0.39, 0.29) is 28.8 Å². The Hall–Kier alpha value is -3.05. The van der Waals surface area contributed by atoms with E-state index in [2.05, 4.69) is 16.0 Å². The van der Waals surface area contributed by atoms with Crippen LogP contribution in [0.3, 0.4) is 0 Å². The molecule has 0 aliphatic rings. The molecule has 0 spiro atoms. The topological polar surface area (TPSA) is 113 Å². The van der Waals surface area contributed by atoms with Crippen LogP contribution in [0.4, 0.5) is 13.2 Å². The van der Waals surface area contributed by atoms with Gasteiger partial charge in [0.15, 0.2) is 0 Å². The number of nitrogens with two attached hydrogens (primary N) is 1. The standard InChI is InChI=1S/C26H33F3N4O3S/c1-16-9-10-19(17(2)11-16)13-31-15-25(23(30)36,24(3,4)5)33-21(34)14-32-22(35)18-7-6-8-20(12-18)37-26(27,28)29/h6-12,31H,13-15H2,1-5H3,(H2,30,36)(H,32,35)(H,33,34). The van der Waals surface area contributed by atoms with Gasteiger partial charge in [-0.2, -0.15) is 13.2 Å². The first-order valence-electron chi connectivity index (χ1n) is 11.6. The molecule has 0 saturated heterocycles. The summed E-state index contributed by atoms with van der Waals surface area (Å²) in [6.07, 6.45) is 0. The van der Waals surface area contributed by atoms with Crippen LogP contribution in [0.25, 0.3) is 0 Å². The van der Waals surface area contributed by atoms with Crippen molar-refractivity contribution in [1.82, 2.24) is 16.0 Å². The van der Waals surface area contributed by atoms with Crippen molar-refractivity contribution in [3.8, 4) is 0 Å². The highest BCUT2D eigenvalue weighted by Crippen LogP contribution is 2.37. The van der Waals surface area contributed by atoms with E-state index >= 15 is 0 Å². The van der Waals surface area contributed by atoms with E-state index in [1.807, 2.05) is 32.0 Å². The van der Waals surface area contributed by atoms with Crippen molar-refractivity contribution in [2.24, 2.45) is 11.1 Å². The zero-order valence-electron chi connectivity index (χ0n) is 21.5. The van der Waals surface area contributed by atoms with Crippen LogP contribution in [0.1, 0.15) is 47.8 Å². The summed E-state index contributed by atoms with van der Waals surface area (Å²) in [6.45, 7) is 9.24. The molecule has 0 aliphatic heterocycles. The molecular formula is C26H33F3N4O3S. The van der Waals surface area contributed by atoms with Gasteiger partial charge in [0.25, 0.3) is 5.91 Å². The Balaban J connectivity index is 2.09. The van der Waals surface area contributed by atoms with E-state index in [0.717, 1.165) is 22.8 Å². The minimum atomic E-state index is -4.49. The number of hydrogen-bond donors (Lipinski definition) is 4.